The molecule has 2 aromatic rings. The zero-order chi connectivity index (χ0) is 10.7. The molecule has 0 fully saturated rings. The molecule has 0 saturated heterocycles. The molecule has 0 unspecified atom stereocenters. The van der Waals surface area contributed by atoms with Gasteiger partial charge in [0.25, 0.3) is 10.7 Å². The molecular weight excluding hydrogens is 260 g/mol. The molecule has 0 aliphatic heterocycles. The number of hydrogen-bond donors (Lipinski definition) is 0. The molecule has 1 aromatic heterocycles. The van der Waals surface area contributed by atoms with Crippen molar-refractivity contribution in [2.24, 2.45) is 0 Å². The fourth-order valence-electron chi connectivity index (χ4n) is 1.24. The number of para-hydroxylation sites is 1. The Bertz CT molecular complexity index is 456. The van der Waals surface area contributed by atoms with Crippen LogP contribution in [-0.4, -0.2) is 16.8 Å². The van der Waals surface area contributed by atoms with Crippen LogP contribution in [0.4, 0.5) is 0 Å². The normalized spacial score (nSPS) is 10.3. The number of rotatable bonds is 3. The third-order valence-corrected chi connectivity index (χ3v) is 2.14. The van der Waals surface area contributed by atoms with Gasteiger partial charge >= 0.3 is 0 Å². The predicted molar refractivity (Wildman–Crippen MR) is 58.6 cm³/mol. The Morgan fingerprint density at radius 1 is 1.33 bits per heavy atom. The molecule has 1 aromatic carbocycles. The zero-order valence-corrected chi connectivity index (χ0v) is 9.69. The van der Waals surface area contributed by atoms with Gasteiger partial charge in [-0.1, -0.05) is 12.1 Å². The molecule has 0 saturated carbocycles. The lowest BCUT2D eigenvalue weighted by molar-refractivity contribution is 0.340. The van der Waals surface area contributed by atoms with Gasteiger partial charge < -0.3 is 9.15 Å². The number of halogens is 1. The Morgan fingerprint density at radius 3 is 2.80 bits per heavy atom. The van der Waals surface area contributed by atoms with Gasteiger partial charge in [-0.25, -0.2) is 0 Å². The van der Waals surface area contributed by atoms with Crippen LogP contribution in [0.15, 0.2) is 33.5 Å². The van der Waals surface area contributed by atoms with Gasteiger partial charge in [-0.3, -0.25) is 0 Å². The van der Waals surface area contributed by atoms with Crippen molar-refractivity contribution >= 4 is 15.9 Å². The summed E-state index contributed by atoms with van der Waals surface area (Å²) in [5.74, 6) is 1.20. The van der Waals surface area contributed by atoms with Gasteiger partial charge in [-0.05, 0) is 19.1 Å². The maximum absolute atomic E-state index is 5.46. The molecule has 5 heteroatoms. The van der Waals surface area contributed by atoms with Gasteiger partial charge in [0, 0.05) is 15.9 Å². The van der Waals surface area contributed by atoms with E-state index in [1.807, 2.05) is 31.2 Å². The largest absolute Gasteiger partial charge is 0.493 e. The van der Waals surface area contributed by atoms with E-state index in [1.165, 1.54) is 0 Å². The van der Waals surface area contributed by atoms with Gasteiger partial charge in [0.05, 0.1) is 12.2 Å². The Morgan fingerprint density at radius 2 is 2.13 bits per heavy atom. The van der Waals surface area contributed by atoms with E-state index in [-0.39, 0.29) is 0 Å². The van der Waals surface area contributed by atoms with E-state index in [1.54, 1.807) is 0 Å². The predicted octanol–water partition coefficient (Wildman–Crippen LogP) is 2.90. The summed E-state index contributed by atoms with van der Waals surface area (Å²) in [6, 6.07) is 7.55. The lowest BCUT2D eigenvalue weighted by atomic mass is 10.2. The lowest BCUT2D eigenvalue weighted by Gasteiger charge is -2.05. The fourth-order valence-corrected chi connectivity index (χ4v) is 1.47. The molecule has 0 spiro atoms. The first-order valence-corrected chi connectivity index (χ1v) is 5.31. The topological polar surface area (TPSA) is 48.2 Å². The number of benzene rings is 1. The maximum atomic E-state index is 5.46. The summed E-state index contributed by atoms with van der Waals surface area (Å²) in [7, 11) is 0. The van der Waals surface area contributed by atoms with Crippen molar-refractivity contribution in [1.82, 2.24) is 10.2 Å². The number of aromatic nitrogens is 2. The summed E-state index contributed by atoms with van der Waals surface area (Å²) in [6.07, 6.45) is 0. The molecule has 0 bridgehead atoms. The second-order valence-corrected chi connectivity index (χ2v) is 3.47. The van der Waals surface area contributed by atoms with E-state index in [0.29, 0.717) is 17.3 Å². The molecule has 78 valence electrons. The van der Waals surface area contributed by atoms with Crippen molar-refractivity contribution in [3.8, 4) is 17.2 Å². The summed E-state index contributed by atoms with van der Waals surface area (Å²) in [6.45, 7) is 2.53. The van der Waals surface area contributed by atoms with Crippen molar-refractivity contribution < 1.29 is 9.15 Å². The van der Waals surface area contributed by atoms with E-state index in [9.17, 15) is 0 Å². The smallest absolute Gasteiger partial charge is 0.285 e. The third-order valence-electron chi connectivity index (χ3n) is 1.82. The molecule has 4 nitrogen and oxygen atoms in total. The molecule has 2 rings (SSSR count). The summed E-state index contributed by atoms with van der Waals surface area (Å²) < 4.78 is 10.7. The van der Waals surface area contributed by atoms with Crippen molar-refractivity contribution in [1.29, 1.82) is 0 Å². The van der Waals surface area contributed by atoms with E-state index < -0.39 is 0 Å². The van der Waals surface area contributed by atoms with Crippen molar-refractivity contribution in [2.75, 3.05) is 6.61 Å². The number of hydrogen-bond acceptors (Lipinski definition) is 4. The van der Waals surface area contributed by atoms with Crippen LogP contribution < -0.4 is 4.74 Å². The molecule has 0 radical (unpaired) electrons. The molecule has 1 heterocycles. The highest BCUT2D eigenvalue weighted by molar-refractivity contribution is 9.10. The molecular formula is C10H9BrN2O2. The Labute approximate surface area is 95.4 Å². The van der Waals surface area contributed by atoms with Gasteiger partial charge in [0.15, 0.2) is 0 Å². The summed E-state index contributed by atoms with van der Waals surface area (Å²) in [5, 5.41) is 7.62. The van der Waals surface area contributed by atoms with Crippen LogP contribution in [0, 0.1) is 0 Å². The standard InChI is InChI=1S/C10H9BrN2O2/c1-2-14-8-6-4-3-5-7(8)9-12-13-10(11)15-9/h3-6H,2H2,1H3. The average molecular weight is 269 g/mol. The Hall–Kier alpha value is -1.36. The summed E-state index contributed by atoms with van der Waals surface area (Å²) in [5.41, 5.74) is 0.803. The summed E-state index contributed by atoms with van der Waals surface area (Å²) in [4.78, 5) is 0.365. The molecule has 0 aliphatic carbocycles. The van der Waals surface area contributed by atoms with E-state index in [4.69, 9.17) is 9.15 Å². The van der Waals surface area contributed by atoms with Gasteiger partial charge in [0.2, 0.25) is 0 Å². The van der Waals surface area contributed by atoms with E-state index in [0.717, 1.165) is 11.3 Å². The SMILES string of the molecule is CCOc1ccccc1-c1nnc(Br)o1. The Balaban J connectivity index is 2.42. The third kappa shape index (κ3) is 2.18. The van der Waals surface area contributed by atoms with Crippen LogP contribution in [0.5, 0.6) is 5.75 Å². The fraction of sp³-hybridized carbons (Fsp3) is 0.200. The van der Waals surface area contributed by atoms with Gasteiger partial charge in [-0.15, -0.1) is 10.2 Å². The first-order valence-electron chi connectivity index (χ1n) is 4.52. The van der Waals surface area contributed by atoms with Gasteiger partial charge in [-0.2, -0.15) is 0 Å². The average Bonchev–Trinajstić information content (AvgIpc) is 2.66. The summed E-state index contributed by atoms with van der Waals surface area (Å²) >= 11 is 3.11. The van der Waals surface area contributed by atoms with Crippen LogP contribution in [0.25, 0.3) is 11.5 Å². The molecule has 0 aliphatic rings. The minimum Gasteiger partial charge on any atom is -0.493 e. The molecule has 0 amide bonds. The number of nitrogens with zero attached hydrogens (tertiary/aromatic N) is 2. The minimum atomic E-state index is 0.365. The molecule has 0 atom stereocenters. The van der Waals surface area contributed by atoms with Crippen LogP contribution in [0.2, 0.25) is 0 Å². The monoisotopic (exact) mass is 268 g/mol. The second-order valence-electron chi connectivity index (χ2n) is 2.79. The van der Waals surface area contributed by atoms with Crippen molar-refractivity contribution in [2.45, 2.75) is 6.92 Å². The Kier molecular flexibility index (Phi) is 3.01. The first kappa shape index (κ1) is 10.2. The lowest BCUT2D eigenvalue weighted by Crippen LogP contribution is -1.93. The highest BCUT2D eigenvalue weighted by Gasteiger charge is 2.11. The van der Waals surface area contributed by atoms with Crippen molar-refractivity contribution in [3.05, 3.63) is 29.1 Å². The van der Waals surface area contributed by atoms with Crippen LogP contribution >= 0.6 is 15.9 Å². The quantitative estimate of drug-likeness (QED) is 0.859. The maximum Gasteiger partial charge on any atom is 0.285 e. The van der Waals surface area contributed by atoms with Gasteiger partial charge in [0.1, 0.15) is 5.75 Å². The van der Waals surface area contributed by atoms with Crippen LogP contribution in [0.3, 0.4) is 0 Å². The van der Waals surface area contributed by atoms with E-state index >= 15 is 0 Å². The first-order chi connectivity index (χ1) is 7.31. The minimum absolute atomic E-state index is 0.365. The second kappa shape index (κ2) is 4.44. The zero-order valence-electron chi connectivity index (χ0n) is 8.11. The van der Waals surface area contributed by atoms with Crippen molar-refractivity contribution in [3.63, 3.8) is 0 Å². The molecule has 0 N–H and O–H groups in total. The molecule has 15 heavy (non-hydrogen) atoms. The highest BCUT2D eigenvalue weighted by atomic mass is 79.9. The van der Waals surface area contributed by atoms with E-state index in [2.05, 4.69) is 26.1 Å². The van der Waals surface area contributed by atoms with Crippen LogP contribution in [-0.2, 0) is 0 Å². The number of ether oxygens (including phenoxy) is 1. The highest BCUT2D eigenvalue weighted by Crippen LogP contribution is 2.29. The van der Waals surface area contributed by atoms with Crippen LogP contribution in [0.1, 0.15) is 6.92 Å².